The molecule has 0 bridgehead atoms. The van der Waals surface area contributed by atoms with Gasteiger partial charge in [-0.25, -0.2) is 8.42 Å². The summed E-state index contributed by atoms with van der Waals surface area (Å²) in [6.07, 6.45) is 2.76. The molecule has 3 nitrogen and oxygen atoms in total. The zero-order chi connectivity index (χ0) is 13.9. The third kappa shape index (κ3) is 3.80. The van der Waals surface area contributed by atoms with E-state index >= 15 is 0 Å². The van der Waals surface area contributed by atoms with Gasteiger partial charge in [0.15, 0.2) is 9.84 Å². The quantitative estimate of drug-likeness (QED) is 0.902. The molecule has 2 atom stereocenters. The summed E-state index contributed by atoms with van der Waals surface area (Å²) in [5.74, 6) is 0.617. The van der Waals surface area contributed by atoms with Gasteiger partial charge in [-0.05, 0) is 30.4 Å². The molecule has 2 unspecified atom stereocenters. The standard InChI is InChI=1S/C15H23NO2S/c1-3-12-5-7-13(8-6-12)15(4-2)16-14-9-10-19(17,18)11-14/h5-8,14-16H,3-4,9-11H2,1-2H3. The second-order valence-corrected chi connectivity index (χ2v) is 7.55. The van der Waals surface area contributed by atoms with Crippen molar-refractivity contribution in [1.29, 1.82) is 0 Å². The first-order valence-corrected chi connectivity index (χ1v) is 8.91. The lowest BCUT2D eigenvalue weighted by Crippen LogP contribution is -2.33. The Labute approximate surface area is 116 Å². The average molecular weight is 281 g/mol. The summed E-state index contributed by atoms with van der Waals surface area (Å²) < 4.78 is 23.0. The van der Waals surface area contributed by atoms with Gasteiger partial charge in [0, 0.05) is 12.1 Å². The fraction of sp³-hybridized carbons (Fsp3) is 0.600. The highest BCUT2D eigenvalue weighted by molar-refractivity contribution is 7.91. The first kappa shape index (κ1) is 14.5. The number of benzene rings is 1. The van der Waals surface area contributed by atoms with Crippen LogP contribution >= 0.6 is 0 Å². The highest BCUT2D eigenvalue weighted by Crippen LogP contribution is 2.21. The van der Waals surface area contributed by atoms with Crippen molar-refractivity contribution in [3.63, 3.8) is 0 Å². The zero-order valence-corrected chi connectivity index (χ0v) is 12.5. The molecule has 1 aromatic rings. The van der Waals surface area contributed by atoms with Gasteiger partial charge in [-0.15, -0.1) is 0 Å². The van der Waals surface area contributed by atoms with Gasteiger partial charge in [-0.3, -0.25) is 0 Å². The molecule has 0 aliphatic carbocycles. The third-order valence-electron chi connectivity index (χ3n) is 3.87. The lowest BCUT2D eigenvalue weighted by Gasteiger charge is -2.21. The molecule has 19 heavy (non-hydrogen) atoms. The summed E-state index contributed by atoms with van der Waals surface area (Å²) >= 11 is 0. The van der Waals surface area contributed by atoms with Crippen LogP contribution in [0, 0.1) is 0 Å². The summed E-state index contributed by atoms with van der Waals surface area (Å²) in [5.41, 5.74) is 2.59. The van der Waals surface area contributed by atoms with Gasteiger partial charge < -0.3 is 5.32 Å². The number of hydrogen-bond donors (Lipinski definition) is 1. The molecular formula is C15H23NO2S. The van der Waals surface area contributed by atoms with E-state index in [1.54, 1.807) is 0 Å². The normalized spacial score (nSPS) is 23.4. The molecule has 0 aromatic heterocycles. The molecular weight excluding hydrogens is 258 g/mol. The summed E-state index contributed by atoms with van der Waals surface area (Å²) in [7, 11) is -2.80. The predicted octanol–water partition coefficient (Wildman–Crippen LogP) is 2.48. The monoisotopic (exact) mass is 281 g/mol. The van der Waals surface area contributed by atoms with E-state index in [1.807, 2.05) is 0 Å². The van der Waals surface area contributed by atoms with Crippen LogP contribution in [0.15, 0.2) is 24.3 Å². The van der Waals surface area contributed by atoms with Crippen LogP contribution in [0.5, 0.6) is 0 Å². The summed E-state index contributed by atoms with van der Waals surface area (Å²) in [6, 6.07) is 8.99. The molecule has 1 aromatic carbocycles. The molecule has 0 amide bonds. The maximum atomic E-state index is 11.5. The molecule has 0 spiro atoms. The van der Waals surface area contributed by atoms with Crippen molar-refractivity contribution in [3.8, 4) is 0 Å². The van der Waals surface area contributed by atoms with E-state index in [0.29, 0.717) is 5.75 Å². The maximum Gasteiger partial charge on any atom is 0.151 e. The largest absolute Gasteiger partial charge is 0.306 e. The molecule has 1 heterocycles. The van der Waals surface area contributed by atoms with Crippen molar-refractivity contribution in [3.05, 3.63) is 35.4 Å². The summed E-state index contributed by atoms with van der Waals surface area (Å²) in [5, 5.41) is 3.50. The first-order chi connectivity index (χ1) is 9.04. The Morgan fingerprint density at radius 2 is 1.95 bits per heavy atom. The number of sulfone groups is 1. The Bertz CT molecular complexity index is 507. The van der Waals surface area contributed by atoms with E-state index in [1.165, 1.54) is 11.1 Å². The van der Waals surface area contributed by atoms with Crippen LogP contribution in [0.1, 0.15) is 43.9 Å². The number of hydrogen-bond acceptors (Lipinski definition) is 3. The predicted molar refractivity (Wildman–Crippen MR) is 79.0 cm³/mol. The molecule has 1 aliphatic rings. The number of rotatable bonds is 5. The highest BCUT2D eigenvalue weighted by Gasteiger charge is 2.29. The minimum Gasteiger partial charge on any atom is -0.306 e. The molecule has 1 saturated heterocycles. The van der Waals surface area contributed by atoms with Crippen LogP contribution in [0.2, 0.25) is 0 Å². The Hall–Kier alpha value is -0.870. The Morgan fingerprint density at radius 1 is 1.26 bits per heavy atom. The van der Waals surface area contributed by atoms with Crippen molar-refractivity contribution in [2.45, 2.75) is 45.2 Å². The molecule has 106 valence electrons. The Kier molecular flexibility index (Phi) is 4.63. The van der Waals surface area contributed by atoms with E-state index in [9.17, 15) is 8.42 Å². The van der Waals surface area contributed by atoms with E-state index in [-0.39, 0.29) is 17.8 Å². The lowest BCUT2D eigenvalue weighted by atomic mass is 10.0. The SMILES string of the molecule is CCc1ccc(C(CC)NC2CCS(=O)(=O)C2)cc1. The number of nitrogens with one attached hydrogen (secondary N) is 1. The van der Waals surface area contributed by atoms with E-state index < -0.39 is 9.84 Å². The van der Waals surface area contributed by atoms with E-state index in [0.717, 1.165) is 19.3 Å². The van der Waals surface area contributed by atoms with Crippen molar-refractivity contribution in [2.75, 3.05) is 11.5 Å². The molecule has 1 aliphatic heterocycles. The van der Waals surface area contributed by atoms with Crippen LogP contribution in [0.25, 0.3) is 0 Å². The van der Waals surface area contributed by atoms with Gasteiger partial charge in [-0.2, -0.15) is 0 Å². The van der Waals surface area contributed by atoms with Crippen LogP contribution in [0.4, 0.5) is 0 Å². The Morgan fingerprint density at radius 3 is 2.42 bits per heavy atom. The van der Waals surface area contributed by atoms with Crippen molar-refractivity contribution in [2.24, 2.45) is 0 Å². The van der Waals surface area contributed by atoms with Crippen LogP contribution < -0.4 is 5.32 Å². The molecule has 1 fully saturated rings. The van der Waals surface area contributed by atoms with Gasteiger partial charge in [0.05, 0.1) is 11.5 Å². The van der Waals surface area contributed by atoms with Crippen LogP contribution in [-0.2, 0) is 16.3 Å². The van der Waals surface area contributed by atoms with Gasteiger partial charge in [0.2, 0.25) is 0 Å². The molecule has 4 heteroatoms. The molecule has 0 radical (unpaired) electrons. The van der Waals surface area contributed by atoms with Gasteiger partial charge in [-0.1, -0.05) is 38.1 Å². The topological polar surface area (TPSA) is 46.2 Å². The van der Waals surface area contributed by atoms with Crippen LogP contribution in [-0.4, -0.2) is 26.0 Å². The van der Waals surface area contributed by atoms with E-state index in [2.05, 4.69) is 43.4 Å². The van der Waals surface area contributed by atoms with Gasteiger partial charge >= 0.3 is 0 Å². The van der Waals surface area contributed by atoms with Gasteiger partial charge in [0.1, 0.15) is 0 Å². The maximum absolute atomic E-state index is 11.5. The minimum atomic E-state index is -2.80. The summed E-state index contributed by atoms with van der Waals surface area (Å²) in [4.78, 5) is 0. The first-order valence-electron chi connectivity index (χ1n) is 7.09. The van der Waals surface area contributed by atoms with Crippen LogP contribution in [0.3, 0.4) is 0 Å². The van der Waals surface area contributed by atoms with Crippen molar-refractivity contribution >= 4 is 9.84 Å². The number of aryl methyl sites for hydroxylation is 1. The summed E-state index contributed by atoms with van der Waals surface area (Å²) in [6.45, 7) is 4.28. The fourth-order valence-electron chi connectivity index (χ4n) is 2.65. The second kappa shape index (κ2) is 6.06. The van der Waals surface area contributed by atoms with Gasteiger partial charge in [0.25, 0.3) is 0 Å². The fourth-order valence-corrected chi connectivity index (χ4v) is 4.33. The average Bonchev–Trinajstić information content (AvgIpc) is 2.75. The Balaban J connectivity index is 2.03. The lowest BCUT2D eigenvalue weighted by molar-refractivity contribution is 0.450. The molecule has 0 saturated carbocycles. The van der Waals surface area contributed by atoms with Crippen molar-refractivity contribution in [1.82, 2.24) is 5.32 Å². The smallest absolute Gasteiger partial charge is 0.151 e. The molecule has 2 rings (SSSR count). The van der Waals surface area contributed by atoms with Crippen molar-refractivity contribution < 1.29 is 8.42 Å². The minimum absolute atomic E-state index is 0.112. The third-order valence-corrected chi connectivity index (χ3v) is 5.64. The zero-order valence-electron chi connectivity index (χ0n) is 11.7. The molecule has 1 N–H and O–H groups in total. The van der Waals surface area contributed by atoms with E-state index in [4.69, 9.17) is 0 Å². The second-order valence-electron chi connectivity index (χ2n) is 5.32. The highest BCUT2D eigenvalue weighted by atomic mass is 32.2.